The van der Waals surface area contributed by atoms with Gasteiger partial charge in [0.05, 0.1) is 73.5 Å². The fourth-order valence-corrected chi connectivity index (χ4v) is 11.4. The maximum atomic E-state index is 12.5. The number of nitriles is 1. The van der Waals surface area contributed by atoms with Gasteiger partial charge in [-0.05, 0) is 74.2 Å². The van der Waals surface area contributed by atoms with E-state index >= 15 is 0 Å². The Bertz CT molecular complexity index is 3810. The zero-order valence-corrected chi connectivity index (χ0v) is 36.8. The summed E-state index contributed by atoms with van der Waals surface area (Å²) in [5.74, 6) is 0. The standard InChI is InChI=1S/C60H40N6/c1-35-18-14-26-43-39-22-6-10-30-48(39)63(53(35)43)57-47(34-61)58(64-49-31-11-7-23-40(49)44-27-15-19-36(2)54(44)64)60(66-51-33-13-9-25-42(51)46-29-17-21-38(4)56(46)66)52(62-5)59(57)65-50-32-12-8-24-41(50)45-28-16-20-37(3)55(45)65/h6-33H,1-4H3. The Morgan fingerprint density at radius 1 is 0.348 bits per heavy atom. The highest BCUT2D eigenvalue weighted by Crippen LogP contribution is 2.52. The van der Waals surface area contributed by atoms with E-state index in [2.05, 4.69) is 222 Å². The van der Waals surface area contributed by atoms with Gasteiger partial charge < -0.3 is 18.3 Å². The van der Waals surface area contributed by atoms with Gasteiger partial charge in [0.2, 0.25) is 5.69 Å². The van der Waals surface area contributed by atoms with Crippen LogP contribution in [-0.2, 0) is 0 Å². The predicted molar refractivity (Wildman–Crippen MR) is 274 cm³/mol. The normalized spacial score (nSPS) is 11.9. The van der Waals surface area contributed by atoms with E-state index < -0.39 is 0 Å². The van der Waals surface area contributed by atoms with Crippen molar-refractivity contribution < 1.29 is 0 Å². The molecule has 310 valence electrons. The Morgan fingerprint density at radius 2 is 0.606 bits per heavy atom. The van der Waals surface area contributed by atoms with Crippen LogP contribution in [-0.4, -0.2) is 18.3 Å². The van der Waals surface area contributed by atoms with Crippen molar-refractivity contribution >= 4 is 92.9 Å². The molecular weight excluding hydrogens is 805 g/mol. The van der Waals surface area contributed by atoms with Gasteiger partial charge in [-0.25, -0.2) is 4.85 Å². The Labute approximate surface area is 380 Å². The van der Waals surface area contributed by atoms with Gasteiger partial charge in [-0.2, -0.15) is 5.26 Å². The summed E-state index contributed by atoms with van der Waals surface area (Å²) in [5.41, 5.74) is 15.6. The first-order valence-electron chi connectivity index (χ1n) is 22.4. The zero-order chi connectivity index (χ0) is 44.5. The van der Waals surface area contributed by atoms with Gasteiger partial charge in [-0.15, -0.1) is 0 Å². The van der Waals surface area contributed by atoms with Gasteiger partial charge in [-0.3, -0.25) is 0 Å². The average molecular weight is 845 g/mol. The molecule has 66 heavy (non-hydrogen) atoms. The number of nitrogens with zero attached hydrogens (tertiary/aromatic N) is 6. The van der Waals surface area contributed by atoms with Crippen molar-refractivity contribution in [3.8, 4) is 28.8 Å². The molecule has 0 aliphatic heterocycles. The van der Waals surface area contributed by atoms with E-state index in [0.29, 0.717) is 34.0 Å². The summed E-state index contributed by atoms with van der Waals surface area (Å²) in [4.78, 5) is 4.82. The smallest absolute Gasteiger partial charge is 0.238 e. The van der Waals surface area contributed by atoms with E-state index in [-0.39, 0.29) is 0 Å². The molecular formula is C60H40N6. The molecule has 13 rings (SSSR count). The second-order valence-corrected chi connectivity index (χ2v) is 17.6. The van der Waals surface area contributed by atoms with Crippen molar-refractivity contribution in [1.29, 1.82) is 5.26 Å². The molecule has 0 bridgehead atoms. The summed E-state index contributed by atoms with van der Waals surface area (Å²) < 4.78 is 9.19. The lowest BCUT2D eigenvalue weighted by molar-refractivity contribution is 1.03. The molecule has 13 aromatic rings. The number of fused-ring (bicyclic) bond motifs is 12. The van der Waals surface area contributed by atoms with Crippen LogP contribution in [0.15, 0.2) is 170 Å². The summed E-state index contributed by atoms with van der Waals surface area (Å²) in [6.07, 6.45) is 0. The van der Waals surface area contributed by atoms with E-state index in [9.17, 15) is 11.8 Å². The van der Waals surface area contributed by atoms with Crippen LogP contribution in [0, 0.1) is 45.6 Å². The van der Waals surface area contributed by atoms with Gasteiger partial charge in [0.1, 0.15) is 11.6 Å². The first-order valence-corrected chi connectivity index (χ1v) is 22.4. The number of benzene rings is 9. The third-order valence-corrected chi connectivity index (χ3v) is 14.1. The molecule has 0 spiro atoms. The van der Waals surface area contributed by atoms with Crippen molar-refractivity contribution in [2.75, 3.05) is 0 Å². The molecule has 0 aliphatic carbocycles. The second-order valence-electron chi connectivity index (χ2n) is 17.6. The highest BCUT2D eigenvalue weighted by atomic mass is 15.1. The number of hydrogen-bond acceptors (Lipinski definition) is 1. The maximum absolute atomic E-state index is 12.5. The van der Waals surface area contributed by atoms with Crippen molar-refractivity contribution in [3.05, 3.63) is 209 Å². The maximum Gasteiger partial charge on any atom is 0.238 e. The molecule has 0 unspecified atom stereocenters. The molecule has 0 amide bonds. The van der Waals surface area contributed by atoms with Crippen molar-refractivity contribution in [3.63, 3.8) is 0 Å². The van der Waals surface area contributed by atoms with Crippen LogP contribution in [0.5, 0.6) is 0 Å². The molecule has 0 N–H and O–H groups in total. The molecule has 4 aromatic heterocycles. The molecule has 0 fully saturated rings. The number of aromatic nitrogens is 4. The third kappa shape index (κ3) is 4.82. The quantitative estimate of drug-likeness (QED) is 0.163. The Morgan fingerprint density at radius 3 is 0.879 bits per heavy atom. The highest BCUT2D eigenvalue weighted by molar-refractivity contribution is 6.17. The molecule has 4 heterocycles. The average Bonchev–Trinajstić information content (AvgIpc) is 4.08. The van der Waals surface area contributed by atoms with Crippen LogP contribution < -0.4 is 0 Å². The largest absolute Gasteiger partial charge is 0.317 e. The summed E-state index contributed by atoms with van der Waals surface area (Å²) in [6, 6.07) is 62.7. The molecule has 9 aromatic carbocycles. The van der Waals surface area contributed by atoms with Crippen molar-refractivity contribution in [1.82, 2.24) is 18.3 Å². The van der Waals surface area contributed by atoms with Crippen molar-refractivity contribution in [2.24, 2.45) is 0 Å². The molecule has 6 heteroatoms. The minimum absolute atomic E-state index is 0.440. The third-order valence-electron chi connectivity index (χ3n) is 14.1. The van der Waals surface area contributed by atoms with Crippen molar-refractivity contribution in [2.45, 2.75) is 27.7 Å². The van der Waals surface area contributed by atoms with Gasteiger partial charge in [-0.1, -0.05) is 146 Å². The first-order chi connectivity index (χ1) is 32.4. The van der Waals surface area contributed by atoms with E-state index in [1.54, 1.807) is 0 Å². The fraction of sp³-hybridized carbons (Fsp3) is 0.0667. The van der Waals surface area contributed by atoms with Crippen LogP contribution in [0.2, 0.25) is 0 Å². The minimum atomic E-state index is 0.440. The fourth-order valence-electron chi connectivity index (χ4n) is 11.4. The van der Waals surface area contributed by atoms with Crippen LogP contribution in [0.25, 0.3) is 115 Å². The predicted octanol–water partition coefficient (Wildman–Crippen LogP) is 15.7. The van der Waals surface area contributed by atoms with Gasteiger partial charge in [0.15, 0.2) is 0 Å². The number of rotatable bonds is 4. The lowest BCUT2D eigenvalue weighted by atomic mass is 10.0. The minimum Gasteiger partial charge on any atom is -0.317 e. The van der Waals surface area contributed by atoms with Gasteiger partial charge in [0, 0.05) is 43.1 Å². The topological polar surface area (TPSA) is 47.9 Å². The first kappa shape index (κ1) is 37.7. The number of aryl methyl sites for hydroxylation is 4. The molecule has 0 atom stereocenters. The van der Waals surface area contributed by atoms with Crippen LogP contribution in [0.3, 0.4) is 0 Å². The zero-order valence-electron chi connectivity index (χ0n) is 36.8. The Kier molecular flexibility index (Phi) is 7.90. The molecule has 0 saturated heterocycles. The molecule has 0 radical (unpaired) electrons. The molecule has 6 nitrogen and oxygen atoms in total. The van der Waals surface area contributed by atoms with E-state index in [1.165, 1.54) is 0 Å². The van der Waals surface area contributed by atoms with E-state index in [4.69, 9.17) is 4.85 Å². The summed E-state index contributed by atoms with van der Waals surface area (Å²) in [6.45, 7) is 18.4. The number of hydrogen-bond donors (Lipinski definition) is 0. The van der Waals surface area contributed by atoms with Crippen LogP contribution >= 0.6 is 0 Å². The van der Waals surface area contributed by atoms with Gasteiger partial charge >= 0.3 is 0 Å². The van der Waals surface area contributed by atoms with Gasteiger partial charge in [0.25, 0.3) is 0 Å². The highest BCUT2D eigenvalue weighted by Gasteiger charge is 2.35. The second kappa shape index (κ2) is 13.8. The summed E-state index contributed by atoms with van der Waals surface area (Å²) in [5, 5.41) is 21.2. The van der Waals surface area contributed by atoms with Crippen LogP contribution in [0.4, 0.5) is 5.69 Å². The van der Waals surface area contributed by atoms with E-state index in [0.717, 1.165) is 109 Å². The molecule has 0 saturated carbocycles. The van der Waals surface area contributed by atoms with Crippen LogP contribution in [0.1, 0.15) is 27.8 Å². The summed E-state index contributed by atoms with van der Waals surface area (Å²) >= 11 is 0. The SMILES string of the molecule is [C-]#[N+]c1c(-n2c3ccccc3c3cccc(C)c32)c(-n2c3ccccc3c3cccc(C)c32)c(C#N)c(-n2c3ccccc3c3cccc(C)c32)c1-n1c2ccccc2c2cccc(C)c21. The van der Waals surface area contributed by atoms with E-state index in [1.807, 2.05) is 0 Å². The lowest BCUT2D eigenvalue weighted by Gasteiger charge is -2.28. The summed E-state index contributed by atoms with van der Waals surface area (Å²) in [7, 11) is 0. The lowest BCUT2D eigenvalue weighted by Crippen LogP contribution is -2.15. The Balaban J connectivity index is 1.42. The number of para-hydroxylation sites is 8. The monoisotopic (exact) mass is 844 g/mol. The Hall–Kier alpha value is -8.84. The molecule has 0 aliphatic rings.